The summed E-state index contributed by atoms with van der Waals surface area (Å²) in [5.41, 5.74) is 0. The van der Waals surface area contributed by atoms with E-state index in [-0.39, 0.29) is 17.8 Å². The summed E-state index contributed by atoms with van der Waals surface area (Å²) in [6, 6.07) is 0. The first-order chi connectivity index (χ1) is 8.99. The van der Waals surface area contributed by atoms with Crippen molar-refractivity contribution in [2.75, 3.05) is 0 Å². The van der Waals surface area contributed by atoms with Gasteiger partial charge in [-0.05, 0) is 25.7 Å². The van der Waals surface area contributed by atoms with Gasteiger partial charge in [0.25, 0.3) is 0 Å². The van der Waals surface area contributed by atoms with E-state index in [9.17, 15) is 18.0 Å². The minimum atomic E-state index is -4.54. The molecule has 0 atom stereocenters. The molecule has 4 nitrogen and oxygen atoms in total. The van der Waals surface area contributed by atoms with Crippen LogP contribution in [0.3, 0.4) is 0 Å². The number of hydrogen-bond donors (Lipinski definition) is 0. The molecule has 1 aliphatic rings. The predicted molar refractivity (Wildman–Crippen MR) is 59.5 cm³/mol. The Balaban J connectivity index is 1.92. The molecule has 1 saturated carbocycles. The summed E-state index contributed by atoms with van der Waals surface area (Å²) in [6.07, 6.45) is 1.29. The second kappa shape index (κ2) is 5.54. The molecule has 0 N–H and O–H groups in total. The molecule has 19 heavy (non-hydrogen) atoms. The summed E-state index contributed by atoms with van der Waals surface area (Å²) < 4.78 is 42.3. The number of hydrogen-bond acceptors (Lipinski definition) is 4. The number of carbonyl (C=O) groups excluding carboxylic acids is 1. The summed E-state index contributed by atoms with van der Waals surface area (Å²) in [5.74, 6) is -0.879. The van der Waals surface area contributed by atoms with Crippen LogP contribution in [-0.2, 0) is 11.0 Å². The van der Waals surface area contributed by atoms with Gasteiger partial charge in [0.2, 0.25) is 5.82 Å². The summed E-state index contributed by atoms with van der Waals surface area (Å²) in [4.78, 5) is 17.0. The second-order valence-electron chi connectivity index (χ2n) is 4.53. The van der Waals surface area contributed by atoms with Crippen LogP contribution in [0.15, 0.2) is 12.4 Å². The molecule has 1 aliphatic carbocycles. The van der Waals surface area contributed by atoms with E-state index in [1.807, 2.05) is 0 Å². The van der Waals surface area contributed by atoms with Crippen molar-refractivity contribution in [1.29, 1.82) is 0 Å². The lowest BCUT2D eigenvalue weighted by molar-refractivity contribution is -0.145. The topological polar surface area (TPSA) is 52.1 Å². The highest BCUT2D eigenvalue weighted by molar-refractivity contribution is 5.53. The van der Waals surface area contributed by atoms with Gasteiger partial charge in [-0.1, -0.05) is 0 Å². The van der Waals surface area contributed by atoms with Crippen LogP contribution in [0.25, 0.3) is 0 Å². The number of halogens is 3. The van der Waals surface area contributed by atoms with Gasteiger partial charge >= 0.3 is 6.18 Å². The maximum absolute atomic E-state index is 12.3. The SMILES string of the molecule is O=CC1CCC(Oc2cnc(C(F)(F)F)nc2)CC1. The van der Waals surface area contributed by atoms with Crippen LogP contribution in [0.5, 0.6) is 5.75 Å². The molecule has 0 saturated heterocycles. The van der Waals surface area contributed by atoms with E-state index in [0.29, 0.717) is 12.8 Å². The van der Waals surface area contributed by atoms with Crippen LogP contribution in [0.2, 0.25) is 0 Å². The smallest absolute Gasteiger partial charge is 0.451 e. The summed E-state index contributed by atoms with van der Waals surface area (Å²) in [5, 5.41) is 0. The number of aromatic nitrogens is 2. The molecular formula is C12H13F3N2O2. The van der Waals surface area contributed by atoms with Gasteiger partial charge in [0, 0.05) is 5.92 Å². The maximum Gasteiger partial charge on any atom is 0.451 e. The fraction of sp³-hybridized carbons (Fsp3) is 0.583. The highest BCUT2D eigenvalue weighted by Crippen LogP contribution is 2.28. The predicted octanol–water partition coefficient (Wildman–Crippen LogP) is 2.63. The molecule has 1 aromatic rings. The molecule has 7 heteroatoms. The number of alkyl halides is 3. The van der Waals surface area contributed by atoms with Crippen molar-refractivity contribution in [3.05, 3.63) is 18.2 Å². The van der Waals surface area contributed by atoms with Gasteiger partial charge in [0.1, 0.15) is 6.29 Å². The Kier molecular flexibility index (Phi) is 4.01. The molecule has 0 aromatic carbocycles. The van der Waals surface area contributed by atoms with Crippen molar-refractivity contribution < 1.29 is 22.7 Å². The average molecular weight is 274 g/mol. The van der Waals surface area contributed by atoms with Gasteiger partial charge in [-0.2, -0.15) is 13.2 Å². The van der Waals surface area contributed by atoms with E-state index in [1.165, 1.54) is 0 Å². The largest absolute Gasteiger partial charge is 0.487 e. The average Bonchev–Trinajstić information content (AvgIpc) is 2.39. The van der Waals surface area contributed by atoms with Gasteiger partial charge in [-0.3, -0.25) is 0 Å². The van der Waals surface area contributed by atoms with Crippen molar-refractivity contribution in [2.24, 2.45) is 5.92 Å². The molecule has 0 unspecified atom stereocenters. The lowest BCUT2D eigenvalue weighted by Crippen LogP contribution is -2.25. The number of rotatable bonds is 3. The molecule has 0 amide bonds. The third kappa shape index (κ3) is 3.65. The standard InChI is InChI=1S/C12H13F3N2O2/c13-12(14,15)11-16-5-10(6-17-11)19-9-3-1-8(7-18)2-4-9/h5-9H,1-4H2. The zero-order chi connectivity index (χ0) is 13.9. The molecule has 0 aliphatic heterocycles. The fourth-order valence-corrected chi connectivity index (χ4v) is 2.06. The highest BCUT2D eigenvalue weighted by Gasteiger charge is 2.34. The first-order valence-electron chi connectivity index (χ1n) is 6.00. The molecule has 104 valence electrons. The monoisotopic (exact) mass is 274 g/mol. The maximum atomic E-state index is 12.3. The van der Waals surface area contributed by atoms with Gasteiger partial charge in [-0.25, -0.2) is 9.97 Å². The van der Waals surface area contributed by atoms with Crippen molar-refractivity contribution in [3.63, 3.8) is 0 Å². The highest BCUT2D eigenvalue weighted by atomic mass is 19.4. The van der Waals surface area contributed by atoms with E-state index in [1.54, 1.807) is 0 Å². The quantitative estimate of drug-likeness (QED) is 0.795. The molecule has 0 radical (unpaired) electrons. The van der Waals surface area contributed by atoms with Crippen LogP contribution in [0.4, 0.5) is 13.2 Å². The number of aldehydes is 1. The van der Waals surface area contributed by atoms with Crippen molar-refractivity contribution >= 4 is 6.29 Å². The number of carbonyl (C=O) groups is 1. The summed E-state index contributed by atoms with van der Waals surface area (Å²) in [6.45, 7) is 0. The normalized spacial score (nSPS) is 23.9. The van der Waals surface area contributed by atoms with Crippen molar-refractivity contribution in [3.8, 4) is 5.75 Å². The lowest BCUT2D eigenvalue weighted by Gasteiger charge is -2.25. The first kappa shape index (κ1) is 13.8. The van der Waals surface area contributed by atoms with Gasteiger partial charge in [0.15, 0.2) is 5.75 Å². The molecular weight excluding hydrogens is 261 g/mol. The molecule has 1 aromatic heterocycles. The second-order valence-corrected chi connectivity index (χ2v) is 4.53. The Morgan fingerprint density at radius 1 is 1.16 bits per heavy atom. The minimum Gasteiger partial charge on any atom is -0.487 e. The van der Waals surface area contributed by atoms with Crippen LogP contribution < -0.4 is 4.74 Å². The number of ether oxygens (including phenoxy) is 1. The third-order valence-electron chi connectivity index (χ3n) is 3.10. The Hall–Kier alpha value is -1.66. The fourth-order valence-electron chi connectivity index (χ4n) is 2.06. The van der Waals surface area contributed by atoms with Gasteiger partial charge in [0.05, 0.1) is 18.5 Å². The van der Waals surface area contributed by atoms with Crippen LogP contribution >= 0.6 is 0 Å². The number of nitrogens with zero attached hydrogens (tertiary/aromatic N) is 2. The van der Waals surface area contributed by atoms with E-state index >= 15 is 0 Å². The van der Waals surface area contributed by atoms with E-state index in [2.05, 4.69) is 9.97 Å². The first-order valence-corrected chi connectivity index (χ1v) is 6.00. The van der Waals surface area contributed by atoms with Crippen molar-refractivity contribution in [1.82, 2.24) is 9.97 Å². The molecule has 0 bridgehead atoms. The molecule has 2 rings (SSSR count). The van der Waals surface area contributed by atoms with Crippen LogP contribution in [0.1, 0.15) is 31.5 Å². The zero-order valence-corrected chi connectivity index (χ0v) is 10.1. The summed E-state index contributed by atoms with van der Waals surface area (Å²) in [7, 11) is 0. The van der Waals surface area contributed by atoms with E-state index in [4.69, 9.17) is 4.74 Å². The van der Waals surface area contributed by atoms with E-state index < -0.39 is 12.0 Å². The van der Waals surface area contributed by atoms with Crippen LogP contribution in [-0.4, -0.2) is 22.4 Å². The van der Waals surface area contributed by atoms with Crippen LogP contribution in [0, 0.1) is 5.92 Å². The van der Waals surface area contributed by atoms with Gasteiger partial charge < -0.3 is 9.53 Å². The third-order valence-corrected chi connectivity index (χ3v) is 3.10. The Labute approximate surface area is 108 Å². The minimum absolute atomic E-state index is 0.0729. The molecule has 0 spiro atoms. The van der Waals surface area contributed by atoms with Crippen molar-refractivity contribution in [2.45, 2.75) is 38.0 Å². The molecule has 1 heterocycles. The lowest BCUT2D eigenvalue weighted by atomic mass is 9.88. The Morgan fingerprint density at radius 2 is 1.74 bits per heavy atom. The summed E-state index contributed by atoms with van der Waals surface area (Å²) >= 11 is 0. The Bertz CT molecular complexity index is 426. The van der Waals surface area contributed by atoms with E-state index in [0.717, 1.165) is 31.5 Å². The molecule has 1 fully saturated rings. The Morgan fingerprint density at radius 3 is 2.21 bits per heavy atom. The zero-order valence-electron chi connectivity index (χ0n) is 10.1. The van der Waals surface area contributed by atoms with Gasteiger partial charge in [-0.15, -0.1) is 0 Å².